The molecule has 0 radical (unpaired) electrons. The average molecular weight is 721 g/mol. The maximum absolute atomic E-state index is 2.63. The van der Waals surface area contributed by atoms with E-state index in [1.165, 1.54) is 116 Å². The molecule has 4 heteroatoms. The van der Waals surface area contributed by atoms with Crippen LogP contribution in [0.3, 0.4) is 0 Å². The van der Waals surface area contributed by atoms with Gasteiger partial charge < -0.3 is 9.80 Å². The summed E-state index contributed by atoms with van der Waals surface area (Å²) in [6, 6.07) is 57.9. The fourth-order valence-electron chi connectivity index (χ4n) is 10.4. The highest BCUT2D eigenvalue weighted by molar-refractivity contribution is 7.30. The van der Waals surface area contributed by atoms with E-state index in [0.717, 1.165) is 0 Å². The predicted octanol–water partition coefficient (Wildman–Crippen LogP) is 11.4. The van der Waals surface area contributed by atoms with Crippen LogP contribution in [-0.4, -0.2) is 6.71 Å². The number of hydrogen-bond acceptors (Lipinski definition) is 3. The van der Waals surface area contributed by atoms with Crippen LogP contribution in [0.2, 0.25) is 0 Å². The minimum absolute atomic E-state index is 0.0774. The number of benzene rings is 7. The van der Waals surface area contributed by atoms with Gasteiger partial charge in [-0.05, 0) is 120 Å². The molecule has 0 atom stereocenters. The van der Waals surface area contributed by atoms with Crippen LogP contribution in [-0.2, 0) is 5.41 Å². The maximum atomic E-state index is 2.63. The smallest absolute Gasteiger partial charge is 0.264 e. The molecule has 55 heavy (non-hydrogen) atoms. The number of thiophene rings is 1. The van der Waals surface area contributed by atoms with E-state index in [4.69, 9.17) is 0 Å². The van der Waals surface area contributed by atoms with Gasteiger partial charge in [0.05, 0.1) is 11.1 Å². The molecule has 0 unspecified atom stereocenters. The van der Waals surface area contributed by atoms with E-state index >= 15 is 0 Å². The van der Waals surface area contributed by atoms with Crippen molar-refractivity contribution in [3.05, 3.63) is 195 Å². The Hall–Kier alpha value is -6.10. The Bertz CT molecular complexity index is 2890. The zero-order valence-corrected chi connectivity index (χ0v) is 32.1. The summed E-state index contributed by atoms with van der Waals surface area (Å²) in [6.07, 6.45) is 0. The van der Waals surface area contributed by atoms with Gasteiger partial charge in [-0.15, -0.1) is 11.3 Å². The molecule has 0 amide bonds. The second kappa shape index (κ2) is 11.0. The average Bonchev–Trinajstić information content (AvgIpc) is 3.82. The van der Waals surface area contributed by atoms with Crippen LogP contribution >= 0.6 is 11.3 Å². The summed E-state index contributed by atoms with van der Waals surface area (Å²) in [5, 5.41) is 0. The minimum atomic E-state index is -0.405. The Kier molecular flexibility index (Phi) is 6.25. The van der Waals surface area contributed by atoms with Gasteiger partial charge in [0.1, 0.15) is 0 Å². The zero-order chi connectivity index (χ0) is 36.7. The molecule has 12 rings (SSSR count). The van der Waals surface area contributed by atoms with Crippen molar-refractivity contribution >= 4 is 67.9 Å². The molecule has 260 valence electrons. The molecular weight excluding hydrogens is 683 g/mol. The topological polar surface area (TPSA) is 6.48 Å². The fraction of sp³-hybridized carbons (Fsp3) is 0.0980. The van der Waals surface area contributed by atoms with Crippen LogP contribution in [0.25, 0.3) is 22.3 Å². The lowest BCUT2D eigenvalue weighted by Crippen LogP contribution is -2.60. The van der Waals surface area contributed by atoms with Gasteiger partial charge in [-0.3, -0.25) is 0 Å². The van der Waals surface area contributed by atoms with Crippen LogP contribution in [0.5, 0.6) is 0 Å². The van der Waals surface area contributed by atoms with Crippen LogP contribution < -0.4 is 25.5 Å². The lowest BCUT2D eigenvalue weighted by atomic mass is 9.36. The number of nitrogens with zero attached hydrogens (tertiary/aromatic N) is 2. The van der Waals surface area contributed by atoms with Crippen LogP contribution in [0.4, 0.5) is 34.1 Å². The van der Waals surface area contributed by atoms with Crippen LogP contribution in [0.15, 0.2) is 152 Å². The van der Waals surface area contributed by atoms with Gasteiger partial charge in [-0.1, -0.05) is 126 Å². The number of aryl methyl sites for hydroxylation is 4. The molecule has 0 N–H and O–H groups in total. The lowest BCUT2D eigenvalue weighted by Gasteiger charge is -2.43. The first-order valence-electron chi connectivity index (χ1n) is 19.4. The van der Waals surface area contributed by atoms with Gasteiger partial charge in [0.2, 0.25) is 0 Å². The Morgan fingerprint density at radius 3 is 1.71 bits per heavy atom. The second-order valence-corrected chi connectivity index (χ2v) is 17.0. The molecule has 4 aliphatic rings. The number of rotatable bonds is 2. The Labute approximate surface area is 327 Å². The third-order valence-corrected chi connectivity index (χ3v) is 14.0. The molecule has 0 saturated carbocycles. The first kappa shape index (κ1) is 31.3. The van der Waals surface area contributed by atoms with E-state index in [1.54, 1.807) is 0 Å². The SMILES string of the molecule is Cc1ccc(N2c3ccccc3B3c4sc5c(c4N(c4ccc(C)cc4)c4cc(C)cc2c43)-c2ccc(C)cc2C52c3ccccc3-c3ccccc32)cc1. The second-order valence-electron chi connectivity index (χ2n) is 16.0. The number of fused-ring (bicyclic) bond motifs is 15. The summed E-state index contributed by atoms with van der Waals surface area (Å²) in [4.78, 5) is 6.58. The van der Waals surface area contributed by atoms with Crippen molar-refractivity contribution in [2.75, 3.05) is 9.80 Å². The molecule has 2 aliphatic heterocycles. The Morgan fingerprint density at radius 2 is 1.04 bits per heavy atom. The van der Waals surface area contributed by atoms with Crippen LogP contribution in [0.1, 0.15) is 43.8 Å². The number of para-hydroxylation sites is 1. The molecule has 1 spiro atoms. The van der Waals surface area contributed by atoms with Gasteiger partial charge in [0, 0.05) is 43.7 Å². The van der Waals surface area contributed by atoms with E-state index in [0.29, 0.717) is 0 Å². The molecule has 0 bridgehead atoms. The van der Waals surface area contributed by atoms with E-state index in [9.17, 15) is 0 Å². The third kappa shape index (κ3) is 3.95. The number of anilines is 6. The maximum Gasteiger partial charge on any atom is 0.264 e. The van der Waals surface area contributed by atoms with Gasteiger partial charge in [-0.25, -0.2) is 0 Å². The molecule has 7 aromatic carbocycles. The highest BCUT2D eigenvalue weighted by Crippen LogP contribution is 2.67. The molecule has 8 aromatic rings. The summed E-state index contributed by atoms with van der Waals surface area (Å²) in [6.45, 7) is 8.95. The summed E-state index contributed by atoms with van der Waals surface area (Å²) >= 11 is 2.06. The standard InChI is InChI=1S/C51H37BN2S/c1-30-17-22-34(23-18-30)53-43-16-10-9-15-42(43)52-47-44(53)28-33(4)29-45(47)54(35-24-19-31(2)20-25-35)48-46-38-26-21-32(3)27-41(38)51(49(46)55-50(48)52)39-13-7-5-11-36(39)37-12-6-8-14-40(37)51/h5-29H,1-4H3. The van der Waals surface area contributed by atoms with Gasteiger partial charge in [0.25, 0.3) is 6.71 Å². The van der Waals surface area contributed by atoms with Crippen molar-refractivity contribution in [3.8, 4) is 22.3 Å². The van der Waals surface area contributed by atoms with E-state index < -0.39 is 5.41 Å². The van der Waals surface area contributed by atoms with Gasteiger partial charge >= 0.3 is 0 Å². The molecule has 2 aliphatic carbocycles. The summed E-state index contributed by atoms with van der Waals surface area (Å²) in [5.41, 5.74) is 24.5. The normalized spacial score (nSPS) is 14.6. The summed E-state index contributed by atoms with van der Waals surface area (Å²) in [7, 11) is 0. The largest absolute Gasteiger partial charge is 0.311 e. The van der Waals surface area contributed by atoms with E-state index in [1.807, 2.05) is 0 Å². The monoisotopic (exact) mass is 720 g/mol. The fourth-order valence-corrected chi connectivity index (χ4v) is 12.1. The molecule has 1 aromatic heterocycles. The van der Waals surface area contributed by atoms with Gasteiger partial charge in [-0.2, -0.15) is 0 Å². The van der Waals surface area contributed by atoms with Crippen molar-refractivity contribution in [1.82, 2.24) is 0 Å². The lowest BCUT2D eigenvalue weighted by molar-refractivity contribution is 0.810. The molecular formula is C51H37BN2S. The Morgan fingerprint density at radius 1 is 0.473 bits per heavy atom. The van der Waals surface area contributed by atoms with Crippen LogP contribution in [0, 0.1) is 27.7 Å². The highest BCUT2D eigenvalue weighted by atomic mass is 32.1. The third-order valence-electron chi connectivity index (χ3n) is 12.7. The van der Waals surface area contributed by atoms with Crippen molar-refractivity contribution in [3.63, 3.8) is 0 Å². The first-order chi connectivity index (χ1) is 26.9. The van der Waals surface area contributed by atoms with Crippen molar-refractivity contribution in [1.29, 1.82) is 0 Å². The molecule has 2 nitrogen and oxygen atoms in total. The number of hydrogen-bond donors (Lipinski definition) is 0. The highest BCUT2D eigenvalue weighted by Gasteiger charge is 2.56. The van der Waals surface area contributed by atoms with Gasteiger partial charge in [0.15, 0.2) is 0 Å². The molecule has 0 fully saturated rings. The Balaban J connectivity index is 1.24. The minimum Gasteiger partial charge on any atom is -0.311 e. The van der Waals surface area contributed by atoms with Crippen molar-refractivity contribution < 1.29 is 0 Å². The van der Waals surface area contributed by atoms with E-state index in [2.05, 4.69) is 200 Å². The summed E-state index contributed by atoms with van der Waals surface area (Å²) in [5.74, 6) is 0. The quantitative estimate of drug-likeness (QED) is 0.164. The van der Waals surface area contributed by atoms with E-state index in [-0.39, 0.29) is 6.71 Å². The predicted molar refractivity (Wildman–Crippen MR) is 234 cm³/mol. The molecule has 0 saturated heterocycles. The van der Waals surface area contributed by atoms with Crippen molar-refractivity contribution in [2.24, 2.45) is 0 Å². The van der Waals surface area contributed by atoms with Crippen molar-refractivity contribution in [2.45, 2.75) is 33.1 Å². The summed E-state index contributed by atoms with van der Waals surface area (Å²) < 4.78 is 1.42. The molecule has 3 heterocycles. The zero-order valence-electron chi connectivity index (χ0n) is 31.3. The first-order valence-corrected chi connectivity index (χ1v) is 20.2.